The molecule has 1 saturated carbocycles. The highest BCUT2D eigenvalue weighted by atomic mass is 32.2. The Labute approximate surface area is 91.9 Å². The zero-order valence-electron chi connectivity index (χ0n) is 9.20. The summed E-state index contributed by atoms with van der Waals surface area (Å²) in [4.78, 5) is 0. The standard InChI is InChI=1S/C10H20N2O2S/c1-15(13,14)12-10-6-2-5-9-8(10)4-3-7-11-9/h8-12H,2-7H2,1H3/t8-,9+,10-/m1/s1. The molecule has 1 saturated heterocycles. The normalized spacial score (nSPS) is 37.3. The highest BCUT2D eigenvalue weighted by molar-refractivity contribution is 7.88. The van der Waals surface area contributed by atoms with E-state index in [0.717, 1.165) is 25.8 Å². The minimum atomic E-state index is -3.05. The van der Waals surface area contributed by atoms with Crippen molar-refractivity contribution in [1.82, 2.24) is 10.0 Å². The summed E-state index contributed by atoms with van der Waals surface area (Å²) in [5.41, 5.74) is 0. The van der Waals surface area contributed by atoms with Crippen LogP contribution in [0.1, 0.15) is 32.1 Å². The van der Waals surface area contributed by atoms with Crippen molar-refractivity contribution in [3.8, 4) is 0 Å². The maximum atomic E-state index is 11.2. The van der Waals surface area contributed by atoms with Gasteiger partial charge in [-0.1, -0.05) is 6.42 Å². The van der Waals surface area contributed by atoms with Crippen molar-refractivity contribution >= 4 is 10.0 Å². The van der Waals surface area contributed by atoms with Crippen molar-refractivity contribution in [2.75, 3.05) is 12.8 Å². The molecule has 2 aliphatic rings. The molecule has 0 unspecified atom stereocenters. The Hall–Kier alpha value is -0.130. The molecule has 15 heavy (non-hydrogen) atoms. The number of nitrogens with one attached hydrogen (secondary N) is 2. The third kappa shape index (κ3) is 2.92. The van der Waals surface area contributed by atoms with E-state index in [1.54, 1.807) is 0 Å². The second-order valence-electron chi connectivity index (χ2n) is 4.79. The molecule has 4 nitrogen and oxygen atoms in total. The Balaban J connectivity index is 2.03. The van der Waals surface area contributed by atoms with Crippen LogP contribution in [0.15, 0.2) is 0 Å². The van der Waals surface area contributed by atoms with Crippen molar-refractivity contribution in [3.05, 3.63) is 0 Å². The van der Waals surface area contributed by atoms with E-state index in [2.05, 4.69) is 10.0 Å². The SMILES string of the molecule is CS(=O)(=O)N[C@@H]1CCC[C@@H]2NCCC[C@H]21. The summed E-state index contributed by atoms with van der Waals surface area (Å²) < 4.78 is 25.3. The van der Waals surface area contributed by atoms with E-state index in [0.29, 0.717) is 12.0 Å². The number of rotatable bonds is 2. The van der Waals surface area contributed by atoms with Crippen LogP contribution in [0.2, 0.25) is 0 Å². The molecule has 1 aliphatic carbocycles. The van der Waals surface area contributed by atoms with Crippen LogP contribution in [0.25, 0.3) is 0 Å². The van der Waals surface area contributed by atoms with Gasteiger partial charge in [0.1, 0.15) is 0 Å². The van der Waals surface area contributed by atoms with Gasteiger partial charge in [-0.25, -0.2) is 13.1 Å². The smallest absolute Gasteiger partial charge is 0.208 e. The molecule has 0 bridgehead atoms. The van der Waals surface area contributed by atoms with E-state index < -0.39 is 10.0 Å². The first-order valence-electron chi connectivity index (χ1n) is 5.77. The number of hydrogen-bond acceptors (Lipinski definition) is 3. The minimum Gasteiger partial charge on any atom is -0.314 e. The second kappa shape index (κ2) is 4.39. The lowest BCUT2D eigenvalue weighted by Crippen LogP contribution is -2.54. The van der Waals surface area contributed by atoms with Crippen molar-refractivity contribution < 1.29 is 8.42 Å². The first-order chi connectivity index (χ1) is 7.06. The maximum absolute atomic E-state index is 11.2. The third-order valence-corrected chi connectivity index (χ3v) is 4.28. The van der Waals surface area contributed by atoms with Crippen LogP contribution in [-0.4, -0.2) is 33.3 Å². The summed E-state index contributed by atoms with van der Waals surface area (Å²) in [5.74, 6) is 0.502. The summed E-state index contributed by atoms with van der Waals surface area (Å²) in [6.07, 6.45) is 6.91. The van der Waals surface area contributed by atoms with E-state index >= 15 is 0 Å². The lowest BCUT2D eigenvalue weighted by atomic mass is 9.76. The predicted molar refractivity (Wildman–Crippen MR) is 60.1 cm³/mol. The monoisotopic (exact) mass is 232 g/mol. The average Bonchev–Trinajstić information content (AvgIpc) is 2.16. The number of hydrogen-bond donors (Lipinski definition) is 2. The molecule has 0 amide bonds. The Morgan fingerprint density at radius 3 is 2.73 bits per heavy atom. The van der Waals surface area contributed by atoms with E-state index in [1.165, 1.54) is 19.1 Å². The van der Waals surface area contributed by atoms with Gasteiger partial charge in [0.2, 0.25) is 10.0 Å². The van der Waals surface area contributed by atoms with Crippen molar-refractivity contribution in [2.24, 2.45) is 5.92 Å². The van der Waals surface area contributed by atoms with Crippen molar-refractivity contribution in [3.63, 3.8) is 0 Å². The first kappa shape index (κ1) is 11.4. The summed E-state index contributed by atoms with van der Waals surface area (Å²) in [6.45, 7) is 1.09. The van der Waals surface area contributed by atoms with E-state index in [4.69, 9.17) is 0 Å². The molecule has 1 aliphatic heterocycles. The van der Waals surface area contributed by atoms with Crippen LogP contribution in [-0.2, 0) is 10.0 Å². The zero-order chi connectivity index (χ0) is 10.9. The summed E-state index contributed by atoms with van der Waals surface area (Å²) >= 11 is 0. The number of piperidine rings is 1. The van der Waals surface area contributed by atoms with Crippen molar-refractivity contribution in [2.45, 2.75) is 44.2 Å². The summed E-state index contributed by atoms with van der Waals surface area (Å²) in [7, 11) is -3.05. The maximum Gasteiger partial charge on any atom is 0.208 e. The molecule has 0 aromatic heterocycles. The topological polar surface area (TPSA) is 58.2 Å². The molecule has 2 N–H and O–H groups in total. The Morgan fingerprint density at radius 2 is 2.00 bits per heavy atom. The fourth-order valence-electron chi connectivity index (χ4n) is 2.97. The zero-order valence-corrected chi connectivity index (χ0v) is 10.0. The van der Waals surface area contributed by atoms with Gasteiger partial charge in [0.05, 0.1) is 6.26 Å². The fraction of sp³-hybridized carbons (Fsp3) is 1.00. The third-order valence-electron chi connectivity index (χ3n) is 3.55. The number of fused-ring (bicyclic) bond motifs is 1. The van der Waals surface area contributed by atoms with Crippen LogP contribution < -0.4 is 10.0 Å². The van der Waals surface area contributed by atoms with Gasteiger partial charge in [-0.05, 0) is 38.1 Å². The molecule has 3 atom stereocenters. The molecular weight excluding hydrogens is 212 g/mol. The van der Waals surface area contributed by atoms with Gasteiger partial charge in [-0.3, -0.25) is 0 Å². The Kier molecular flexibility index (Phi) is 3.33. The Morgan fingerprint density at radius 1 is 1.20 bits per heavy atom. The quantitative estimate of drug-likeness (QED) is 0.727. The van der Waals surface area contributed by atoms with Gasteiger partial charge in [0.15, 0.2) is 0 Å². The lowest BCUT2D eigenvalue weighted by Gasteiger charge is -2.41. The van der Waals surface area contributed by atoms with Crippen LogP contribution >= 0.6 is 0 Å². The molecule has 5 heteroatoms. The number of sulfonamides is 1. The lowest BCUT2D eigenvalue weighted by molar-refractivity contribution is 0.175. The highest BCUT2D eigenvalue weighted by Crippen LogP contribution is 2.31. The highest BCUT2D eigenvalue weighted by Gasteiger charge is 2.35. The van der Waals surface area contributed by atoms with Crippen LogP contribution in [0.3, 0.4) is 0 Å². The van der Waals surface area contributed by atoms with Crippen LogP contribution in [0.4, 0.5) is 0 Å². The van der Waals surface area contributed by atoms with Gasteiger partial charge in [-0.15, -0.1) is 0 Å². The molecule has 0 aromatic carbocycles. The van der Waals surface area contributed by atoms with Gasteiger partial charge in [-0.2, -0.15) is 0 Å². The van der Waals surface area contributed by atoms with Crippen molar-refractivity contribution in [1.29, 1.82) is 0 Å². The van der Waals surface area contributed by atoms with Gasteiger partial charge in [0, 0.05) is 12.1 Å². The molecule has 88 valence electrons. The Bertz CT molecular complexity index is 313. The molecule has 2 rings (SSSR count). The molecule has 1 heterocycles. The molecule has 0 spiro atoms. The molecular formula is C10H20N2O2S. The van der Waals surface area contributed by atoms with Crippen LogP contribution in [0, 0.1) is 5.92 Å². The van der Waals surface area contributed by atoms with E-state index in [1.807, 2.05) is 0 Å². The fourth-order valence-corrected chi connectivity index (χ4v) is 3.81. The second-order valence-corrected chi connectivity index (χ2v) is 6.57. The van der Waals surface area contributed by atoms with Gasteiger partial charge < -0.3 is 5.32 Å². The minimum absolute atomic E-state index is 0.159. The molecule has 2 fully saturated rings. The predicted octanol–water partition coefficient (Wildman–Crippen LogP) is 0.456. The van der Waals surface area contributed by atoms with Crippen LogP contribution in [0.5, 0.6) is 0 Å². The largest absolute Gasteiger partial charge is 0.314 e. The first-order valence-corrected chi connectivity index (χ1v) is 7.66. The average molecular weight is 232 g/mol. The van der Waals surface area contributed by atoms with Gasteiger partial charge in [0.25, 0.3) is 0 Å². The summed E-state index contributed by atoms with van der Waals surface area (Å²) in [5, 5.41) is 3.50. The van der Waals surface area contributed by atoms with E-state index in [-0.39, 0.29) is 6.04 Å². The van der Waals surface area contributed by atoms with E-state index in [9.17, 15) is 8.42 Å². The summed E-state index contributed by atoms with van der Waals surface area (Å²) in [6, 6.07) is 0.693. The molecule has 0 aromatic rings. The van der Waals surface area contributed by atoms with Gasteiger partial charge >= 0.3 is 0 Å². The molecule has 0 radical (unpaired) electrons.